The third kappa shape index (κ3) is 8.90. The van der Waals surface area contributed by atoms with Gasteiger partial charge in [0.05, 0.1) is 12.1 Å². The number of Topliss-reactive ketones (excluding diaryl/α,β-unsaturated/α-hetero) is 1. The Hall–Kier alpha value is -4.22. The first-order chi connectivity index (χ1) is 21.1. The fourth-order valence-corrected chi connectivity index (χ4v) is 5.76. The Bertz CT molecular complexity index is 1520. The second kappa shape index (κ2) is 15.5. The normalized spacial score (nSPS) is 13.1. The Morgan fingerprint density at radius 3 is 2.09 bits per heavy atom. The quantitative estimate of drug-likeness (QED) is 0.153. The first-order valence-corrected chi connectivity index (χ1v) is 15.6. The topological polar surface area (TPSA) is 60.9 Å². The molecule has 0 spiro atoms. The van der Waals surface area contributed by atoms with E-state index in [-0.39, 0.29) is 30.1 Å². The lowest BCUT2D eigenvalue weighted by atomic mass is 9.85. The molecule has 4 rings (SSSR count). The first kappa shape index (κ1) is 32.7. The molecule has 0 aromatic heterocycles. The summed E-state index contributed by atoms with van der Waals surface area (Å²) in [6.45, 7) is 3.92. The molecule has 4 aromatic carbocycles. The molecule has 1 N–H and O–H groups in total. The molecule has 0 heterocycles. The monoisotopic (exact) mass is 590 g/mol. The van der Waals surface area contributed by atoms with Gasteiger partial charge in [0.2, 0.25) is 0 Å². The molecule has 4 aromatic rings. The molecule has 0 bridgehead atoms. The molecule has 0 aliphatic heterocycles. The molecule has 0 aliphatic rings. The Morgan fingerprint density at radius 1 is 0.773 bits per heavy atom. The standard InChI is InChI=1S/C39H46N2O3/c1-28-22-33(26-35(23-28)39(44)41(5)29(2)32-18-10-7-11-19-32)38(43)27-34(24-30-14-8-6-9-15-30)37(42)21-13-17-31-16-12-20-36(25-31)40(3)4/h6-12,14-16,18-20,22-23,25-26,29,34,37,42H,13,17,21,24,27H2,1-5H3/t29-,34-,37-/m1/s1. The lowest BCUT2D eigenvalue weighted by Gasteiger charge is -2.26. The summed E-state index contributed by atoms with van der Waals surface area (Å²) < 4.78 is 0. The van der Waals surface area contributed by atoms with Gasteiger partial charge in [0, 0.05) is 44.4 Å². The highest BCUT2D eigenvalue weighted by Crippen LogP contribution is 2.26. The van der Waals surface area contributed by atoms with Crippen LogP contribution in [0.4, 0.5) is 5.69 Å². The average Bonchev–Trinajstić information content (AvgIpc) is 3.04. The van der Waals surface area contributed by atoms with Gasteiger partial charge in [-0.1, -0.05) is 72.8 Å². The van der Waals surface area contributed by atoms with Crippen molar-refractivity contribution in [1.82, 2.24) is 4.90 Å². The van der Waals surface area contributed by atoms with Crippen molar-refractivity contribution in [3.8, 4) is 0 Å². The summed E-state index contributed by atoms with van der Waals surface area (Å²) in [5.74, 6) is -0.420. The van der Waals surface area contributed by atoms with Crippen LogP contribution in [0.3, 0.4) is 0 Å². The van der Waals surface area contributed by atoms with E-state index in [4.69, 9.17) is 0 Å². The fraction of sp³-hybridized carbons (Fsp3) is 0.333. The zero-order valence-corrected chi connectivity index (χ0v) is 26.7. The summed E-state index contributed by atoms with van der Waals surface area (Å²) in [7, 11) is 5.86. The molecule has 0 radical (unpaired) electrons. The van der Waals surface area contributed by atoms with Gasteiger partial charge in [-0.15, -0.1) is 0 Å². The van der Waals surface area contributed by atoms with Crippen LogP contribution in [0, 0.1) is 12.8 Å². The number of aryl methyl sites for hydroxylation is 2. The Morgan fingerprint density at radius 2 is 1.41 bits per heavy atom. The molecule has 230 valence electrons. The van der Waals surface area contributed by atoms with Crippen molar-refractivity contribution < 1.29 is 14.7 Å². The molecule has 0 aliphatic carbocycles. The maximum atomic E-state index is 13.8. The average molecular weight is 591 g/mol. The second-order valence-corrected chi connectivity index (χ2v) is 12.2. The summed E-state index contributed by atoms with van der Waals surface area (Å²) in [4.78, 5) is 31.1. The molecule has 3 atom stereocenters. The molecule has 5 heteroatoms. The van der Waals surface area contributed by atoms with Crippen LogP contribution in [-0.4, -0.2) is 48.9 Å². The third-order valence-corrected chi connectivity index (χ3v) is 8.55. The molecule has 0 unspecified atom stereocenters. The van der Waals surface area contributed by atoms with Crippen molar-refractivity contribution in [2.24, 2.45) is 5.92 Å². The number of nitrogens with zero attached hydrogens (tertiary/aromatic N) is 2. The minimum atomic E-state index is -0.625. The predicted molar refractivity (Wildman–Crippen MR) is 180 cm³/mol. The maximum absolute atomic E-state index is 13.8. The maximum Gasteiger partial charge on any atom is 0.254 e. The fourth-order valence-electron chi connectivity index (χ4n) is 5.76. The molecule has 44 heavy (non-hydrogen) atoms. The summed E-state index contributed by atoms with van der Waals surface area (Å²) in [6, 6.07) is 33.7. The number of amides is 1. The van der Waals surface area contributed by atoms with Crippen LogP contribution in [0.15, 0.2) is 103 Å². The van der Waals surface area contributed by atoms with Crippen LogP contribution in [0.1, 0.15) is 75.2 Å². The van der Waals surface area contributed by atoms with Crippen LogP contribution < -0.4 is 4.90 Å². The van der Waals surface area contributed by atoms with Gasteiger partial charge in [0.1, 0.15) is 0 Å². The van der Waals surface area contributed by atoms with Crippen molar-refractivity contribution in [2.75, 3.05) is 26.0 Å². The van der Waals surface area contributed by atoms with Crippen molar-refractivity contribution in [1.29, 1.82) is 0 Å². The molecule has 1 amide bonds. The number of hydrogen-bond donors (Lipinski definition) is 1. The number of aliphatic hydroxyl groups is 1. The van der Waals surface area contributed by atoms with Gasteiger partial charge in [0.25, 0.3) is 5.91 Å². The number of benzene rings is 4. The van der Waals surface area contributed by atoms with E-state index in [1.54, 1.807) is 18.0 Å². The van der Waals surface area contributed by atoms with Crippen LogP contribution in [0.5, 0.6) is 0 Å². The summed E-state index contributed by atoms with van der Waals surface area (Å²) in [5, 5.41) is 11.4. The number of hydrogen-bond acceptors (Lipinski definition) is 4. The van der Waals surface area contributed by atoms with Gasteiger partial charge < -0.3 is 14.9 Å². The molecule has 5 nitrogen and oxygen atoms in total. The highest BCUT2D eigenvalue weighted by molar-refractivity contribution is 6.01. The number of ketones is 1. The molecule has 0 fully saturated rings. The van der Waals surface area contributed by atoms with E-state index in [0.717, 1.165) is 35.2 Å². The van der Waals surface area contributed by atoms with E-state index in [2.05, 4.69) is 29.2 Å². The molecular weight excluding hydrogens is 544 g/mol. The highest BCUT2D eigenvalue weighted by Gasteiger charge is 2.25. The Balaban J connectivity index is 1.48. The minimum Gasteiger partial charge on any atom is -0.393 e. The van der Waals surface area contributed by atoms with Gasteiger partial charge in [-0.3, -0.25) is 9.59 Å². The van der Waals surface area contributed by atoms with Crippen molar-refractivity contribution in [3.05, 3.63) is 137 Å². The number of carbonyl (C=O) groups excluding carboxylic acids is 2. The molecule has 0 saturated heterocycles. The van der Waals surface area contributed by atoms with E-state index >= 15 is 0 Å². The van der Waals surface area contributed by atoms with Gasteiger partial charge in [-0.2, -0.15) is 0 Å². The van der Waals surface area contributed by atoms with Crippen molar-refractivity contribution >= 4 is 17.4 Å². The van der Waals surface area contributed by atoms with Crippen LogP contribution in [0.25, 0.3) is 0 Å². The van der Waals surface area contributed by atoms with Crippen molar-refractivity contribution in [2.45, 2.75) is 58.1 Å². The predicted octanol–water partition coefficient (Wildman–Crippen LogP) is 7.71. The Kier molecular flexibility index (Phi) is 11.5. The smallest absolute Gasteiger partial charge is 0.254 e. The summed E-state index contributed by atoms with van der Waals surface area (Å²) in [6.07, 6.45) is 2.49. The number of aliphatic hydroxyl groups excluding tert-OH is 1. The lowest BCUT2D eigenvalue weighted by Crippen LogP contribution is -2.30. The summed E-state index contributed by atoms with van der Waals surface area (Å²) >= 11 is 0. The minimum absolute atomic E-state index is 0.0554. The zero-order chi connectivity index (χ0) is 31.6. The van der Waals surface area contributed by atoms with E-state index in [0.29, 0.717) is 24.0 Å². The van der Waals surface area contributed by atoms with Gasteiger partial charge in [0.15, 0.2) is 5.78 Å². The molecule has 0 saturated carbocycles. The first-order valence-electron chi connectivity index (χ1n) is 15.6. The van der Waals surface area contributed by atoms with Crippen LogP contribution in [-0.2, 0) is 12.8 Å². The van der Waals surface area contributed by atoms with Gasteiger partial charge in [-0.05, 0) is 98.0 Å². The van der Waals surface area contributed by atoms with Gasteiger partial charge in [-0.25, -0.2) is 0 Å². The van der Waals surface area contributed by atoms with Crippen molar-refractivity contribution in [3.63, 3.8) is 0 Å². The second-order valence-electron chi connectivity index (χ2n) is 12.2. The zero-order valence-electron chi connectivity index (χ0n) is 26.7. The van der Waals surface area contributed by atoms with E-state index < -0.39 is 6.10 Å². The van der Waals surface area contributed by atoms with Crippen LogP contribution >= 0.6 is 0 Å². The number of rotatable bonds is 14. The van der Waals surface area contributed by atoms with E-state index in [1.165, 1.54) is 5.56 Å². The molecular formula is C39H46N2O3. The SMILES string of the molecule is Cc1cc(C(=O)C[C@@H](Cc2ccccc2)[C@H](O)CCCc2cccc(N(C)C)c2)cc(C(=O)N(C)[C@H](C)c2ccccc2)c1. The van der Waals surface area contributed by atoms with Gasteiger partial charge >= 0.3 is 0 Å². The lowest BCUT2D eigenvalue weighted by molar-refractivity contribution is 0.0740. The van der Waals surface area contributed by atoms with E-state index in [1.807, 2.05) is 101 Å². The summed E-state index contributed by atoms with van der Waals surface area (Å²) in [5.41, 5.74) is 6.42. The number of carbonyl (C=O) groups is 2. The Labute approximate surface area is 263 Å². The van der Waals surface area contributed by atoms with E-state index in [9.17, 15) is 14.7 Å². The largest absolute Gasteiger partial charge is 0.393 e. The third-order valence-electron chi connectivity index (χ3n) is 8.55. The number of anilines is 1. The van der Waals surface area contributed by atoms with Crippen LogP contribution in [0.2, 0.25) is 0 Å². The highest BCUT2D eigenvalue weighted by atomic mass is 16.3.